The highest BCUT2D eigenvalue weighted by Crippen LogP contribution is 2.32. The lowest BCUT2D eigenvalue weighted by Gasteiger charge is -2.39. The molecular weight excluding hydrogens is 574 g/mol. The number of rotatable bonds is 9. The first-order valence-corrected chi connectivity index (χ1v) is 13.6. The minimum atomic E-state index is -0.573. The number of fused-ring (bicyclic) bond motifs is 1. The maximum absolute atomic E-state index is 12.5. The van der Waals surface area contributed by atoms with Crippen LogP contribution in [-0.4, -0.2) is 90.3 Å². The van der Waals surface area contributed by atoms with Gasteiger partial charge in [-0.05, 0) is 66.4 Å². The highest BCUT2D eigenvalue weighted by atomic mass is 32.1. The number of hydrogen-bond donors (Lipinski definition) is 1. The summed E-state index contributed by atoms with van der Waals surface area (Å²) in [5.74, 6) is 1.48. The van der Waals surface area contributed by atoms with E-state index >= 15 is 0 Å². The predicted octanol–water partition coefficient (Wildman–Crippen LogP) is 3.94. The van der Waals surface area contributed by atoms with Crippen LogP contribution in [0.2, 0.25) is 0 Å². The van der Waals surface area contributed by atoms with E-state index in [0.717, 1.165) is 23.5 Å². The molecule has 0 radical (unpaired) electrons. The largest absolute Gasteiger partial charge is 0.492 e. The quantitative estimate of drug-likeness (QED) is 0.381. The van der Waals surface area contributed by atoms with Crippen LogP contribution in [0.4, 0.5) is 10.6 Å². The molecule has 0 aromatic carbocycles. The van der Waals surface area contributed by atoms with Crippen LogP contribution in [-0.2, 0) is 9.47 Å². The Hall–Kier alpha value is -3.18. The number of ether oxygens (including phenoxy) is 3. The Balaban J connectivity index is 0.00000308. The number of likely N-dealkylation sites (N-methyl/N-ethyl adjacent to an activating group) is 1. The zero-order chi connectivity index (χ0) is 28.9. The number of nitrogens with zero attached hydrogens (tertiary/aromatic N) is 6. The van der Waals surface area contributed by atoms with Crippen LogP contribution < -0.4 is 15.0 Å². The van der Waals surface area contributed by atoms with E-state index in [1.165, 1.54) is 0 Å². The fraction of sp³-hybridized carbons (Fsp3) is 0.517. The van der Waals surface area contributed by atoms with Crippen LogP contribution in [0.3, 0.4) is 0 Å². The Labute approximate surface area is 262 Å². The van der Waals surface area contributed by atoms with Gasteiger partial charge in [-0.15, -0.1) is 0 Å². The third-order valence-corrected chi connectivity index (χ3v) is 6.53. The van der Waals surface area contributed by atoms with Gasteiger partial charge in [0.25, 0.3) is 0 Å². The molecule has 1 saturated heterocycles. The maximum atomic E-state index is 12.5. The van der Waals surface area contributed by atoms with E-state index in [1.54, 1.807) is 16.9 Å². The molecule has 11 nitrogen and oxygen atoms in total. The monoisotopic (exact) mass is 617 g/mol. The Morgan fingerprint density at radius 1 is 1.24 bits per heavy atom. The summed E-state index contributed by atoms with van der Waals surface area (Å²) >= 11 is 0. The molecule has 1 fully saturated rings. The van der Waals surface area contributed by atoms with Crippen molar-refractivity contribution in [1.82, 2.24) is 24.8 Å². The summed E-state index contributed by atoms with van der Waals surface area (Å²) in [6, 6.07) is 7.94. The number of anilines is 1. The van der Waals surface area contributed by atoms with Gasteiger partial charge in [0.1, 0.15) is 23.2 Å². The number of amides is 1. The van der Waals surface area contributed by atoms with Crippen molar-refractivity contribution in [2.45, 2.75) is 51.9 Å². The number of nitriles is 1. The normalized spacial score (nSPS) is 16.8. The predicted molar refractivity (Wildman–Crippen MR) is 173 cm³/mol. The number of carbonyl (C=O) groups excluding carboxylic acids is 1. The van der Waals surface area contributed by atoms with E-state index in [-0.39, 0.29) is 39.1 Å². The van der Waals surface area contributed by atoms with E-state index in [1.807, 2.05) is 66.2 Å². The SMILES string of the molecule is CCOc1cc(-c2ccc(N3CC[C@H](NC(=O)OC(C)(C)C)[C@@H](OCCN(C)C)C3)nc2)c2c(C#N)cnn2c1.S.S. The summed E-state index contributed by atoms with van der Waals surface area (Å²) < 4.78 is 19.1. The molecular formula is C29H43N7O4S2. The molecule has 0 saturated carbocycles. The van der Waals surface area contributed by atoms with Gasteiger partial charge in [0.05, 0.1) is 48.8 Å². The number of alkyl carbamates (subject to hydrolysis) is 1. The molecule has 13 heteroatoms. The first kappa shape index (κ1) is 35.0. The van der Waals surface area contributed by atoms with E-state index in [0.29, 0.717) is 49.6 Å². The van der Waals surface area contributed by atoms with Gasteiger partial charge < -0.3 is 29.3 Å². The maximum Gasteiger partial charge on any atom is 0.407 e. The van der Waals surface area contributed by atoms with Gasteiger partial charge in [0.2, 0.25) is 0 Å². The van der Waals surface area contributed by atoms with Crippen molar-refractivity contribution in [2.75, 3.05) is 51.8 Å². The van der Waals surface area contributed by atoms with E-state index < -0.39 is 11.7 Å². The molecule has 42 heavy (non-hydrogen) atoms. The number of aromatic nitrogens is 3. The summed E-state index contributed by atoms with van der Waals surface area (Å²) in [6.45, 7) is 10.6. The Bertz CT molecular complexity index is 1350. The van der Waals surface area contributed by atoms with E-state index in [4.69, 9.17) is 19.2 Å². The molecule has 4 rings (SSSR count). The minimum Gasteiger partial charge on any atom is -0.492 e. The molecule has 2 atom stereocenters. The number of piperidine rings is 1. The third-order valence-electron chi connectivity index (χ3n) is 6.53. The molecule has 1 aliphatic heterocycles. The number of carbonyl (C=O) groups is 1. The van der Waals surface area contributed by atoms with Crippen LogP contribution in [0.1, 0.15) is 39.7 Å². The second kappa shape index (κ2) is 15.3. The Morgan fingerprint density at radius 3 is 2.62 bits per heavy atom. The molecule has 230 valence electrons. The number of pyridine rings is 2. The fourth-order valence-corrected chi connectivity index (χ4v) is 4.68. The fourth-order valence-electron chi connectivity index (χ4n) is 4.68. The van der Waals surface area contributed by atoms with E-state index in [9.17, 15) is 10.1 Å². The van der Waals surface area contributed by atoms with Gasteiger partial charge in [0.15, 0.2) is 0 Å². The molecule has 1 aliphatic rings. The first-order chi connectivity index (χ1) is 19.1. The average Bonchev–Trinajstić information content (AvgIpc) is 3.31. The summed E-state index contributed by atoms with van der Waals surface area (Å²) in [5, 5.41) is 17.0. The molecule has 0 spiro atoms. The van der Waals surface area contributed by atoms with Crippen LogP contribution in [0.25, 0.3) is 16.6 Å². The van der Waals surface area contributed by atoms with Crippen molar-refractivity contribution in [2.24, 2.45) is 0 Å². The van der Waals surface area contributed by atoms with Gasteiger partial charge >= 0.3 is 6.09 Å². The van der Waals surface area contributed by atoms with Crippen molar-refractivity contribution >= 4 is 44.4 Å². The van der Waals surface area contributed by atoms with Gasteiger partial charge in [-0.3, -0.25) is 0 Å². The molecule has 1 amide bonds. The lowest BCUT2D eigenvalue weighted by atomic mass is 10.0. The molecule has 3 aromatic rings. The Morgan fingerprint density at radius 2 is 2.00 bits per heavy atom. The summed E-state index contributed by atoms with van der Waals surface area (Å²) in [5.41, 5.74) is 2.30. The van der Waals surface area contributed by atoms with Gasteiger partial charge in [-0.2, -0.15) is 37.4 Å². The number of hydrogen-bond acceptors (Lipinski definition) is 9. The summed E-state index contributed by atoms with van der Waals surface area (Å²) in [4.78, 5) is 21.5. The molecule has 0 aliphatic carbocycles. The zero-order valence-corrected chi connectivity index (χ0v) is 27.2. The first-order valence-electron chi connectivity index (χ1n) is 13.6. The smallest absolute Gasteiger partial charge is 0.407 e. The average molecular weight is 618 g/mol. The molecule has 0 unspecified atom stereocenters. The van der Waals surface area contributed by atoms with Gasteiger partial charge in [-0.25, -0.2) is 14.3 Å². The highest BCUT2D eigenvalue weighted by molar-refractivity contribution is 7.59. The molecule has 0 bridgehead atoms. The zero-order valence-electron chi connectivity index (χ0n) is 25.2. The van der Waals surface area contributed by atoms with Crippen molar-refractivity contribution in [3.63, 3.8) is 0 Å². The van der Waals surface area contributed by atoms with Crippen LogP contribution >= 0.6 is 27.0 Å². The van der Waals surface area contributed by atoms with Crippen LogP contribution in [0.15, 0.2) is 36.8 Å². The van der Waals surface area contributed by atoms with Gasteiger partial charge in [-0.1, -0.05) is 0 Å². The van der Waals surface area contributed by atoms with Crippen molar-refractivity contribution in [1.29, 1.82) is 5.26 Å². The second-order valence-electron chi connectivity index (χ2n) is 11.1. The second-order valence-corrected chi connectivity index (χ2v) is 11.1. The lowest BCUT2D eigenvalue weighted by Crippen LogP contribution is -2.56. The van der Waals surface area contributed by atoms with Crippen LogP contribution in [0.5, 0.6) is 5.75 Å². The van der Waals surface area contributed by atoms with Crippen molar-refractivity contribution in [3.05, 3.63) is 42.4 Å². The highest BCUT2D eigenvalue weighted by Gasteiger charge is 2.33. The molecule has 4 heterocycles. The number of nitrogens with one attached hydrogen (secondary N) is 1. The van der Waals surface area contributed by atoms with Crippen molar-refractivity contribution in [3.8, 4) is 22.9 Å². The third kappa shape index (κ3) is 8.91. The Kier molecular flexibility index (Phi) is 12.8. The molecule has 1 N–H and O–H groups in total. The topological polar surface area (TPSA) is 117 Å². The standard InChI is InChI=1S/C29H39N7O4.2H2S/c1-7-38-22-14-23(27-21(15-30)17-32-36(27)18-22)20-8-9-26(31-16-20)35-11-10-24(33-28(37)40-29(2,3)4)25(19-35)39-13-12-34(5)6;;/h8-9,14,16-18,24-25H,7,10-13,19H2,1-6H3,(H,33,37);2*1H2/t24-,25-;;/m0../s1. The van der Waals surface area contributed by atoms with Crippen LogP contribution in [0, 0.1) is 11.3 Å². The minimum absolute atomic E-state index is 0. The van der Waals surface area contributed by atoms with E-state index in [2.05, 4.69) is 26.3 Å². The summed E-state index contributed by atoms with van der Waals surface area (Å²) in [6.07, 6.45) is 5.16. The summed E-state index contributed by atoms with van der Waals surface area (Å²) in [7, 11) is 4.00. The van der Waals surface area contributed by atoms with Gasteiger partial charge in [0, 0.05) is 37.0 Å². The lowest BCUT2D eigenvalue weighted by molar-refractivity contribution is 0.00494. The van der Waals surface area contributed by atoms with Crippen molar-refractivity contribution < 1.29 is 19.0 Å². The molecule has 3 aromatic heterocycles.